The van der Waals surface area contributed by atoms with E-state index in [0.29, 0.717) is 43.4 Å². The second-order valence-corrected chi connectivity index (χ2v) is 7.87. The molecule has 2 aromatic rings. The number of nitrogens with one attached hydrogen (secondary N) is 1. The number of imidazole rings is 1. The predicted octanol–water partition coefficient (Wildman–Crippen LogP) is 1.66. The van der Waals surface area contributed by atoms with E-state index in [2.05, 4.69) is 10.3 Å². The van der Waals surface area contributed by atoms with E-state index in [4.69, 9.17) is 5.11 Å². The number of carbonyl (C=O) groups is 4. The van der Waals surface area contributed by atoms with Gasteiger partial charge in [-0.05, 0) is 37.5 Å². The molecule has 0 aliphatic carbocycles. The lowest BCUT2D eigenvalue weighted by atomic mass is 10.1. The molecule has 1 aliphatic rings. The Morgan fingerprint density at radius 3 is 2.66 bits per heavy atom. The van der Waals surface area contributed by atoms with E-state index in [1.54, 1.807) is 12.1 Å². The normalized spacial score (nSPS) is 15.8. The number of benzene rings is 1. The highest BCUT2D eigenvalue weighted by Crippen LogP contribution is 2.24. The molecule has 3 rings (SSSR count). The third kappa shape index (κ3) is 5.24. The minimum absolute atomic E-state index is 0.0694. The van der Waals surface area contributed by atoms with E-state index < -0.39 is 18.0 Å². The molecule has 0 spiro atoms. The third-order valence-corrected chi connectivity index (χ3v) is 5.56. The Hall–Kier alpha value is -3.43. The molecule has 10 nitrogen and oxygen atoms in total. The largest absolute Gasteiger partial charge is 0.481 e. The summed E-state index contributed by atoms with van der Waals surface area (Å²) >= 11 is 0. The number of carboxylic acid groups (broad SMARTS) is 2. The Kier molecular flexibility index (Phi) is 7.45. The standard InChI is InChI=1S/C22H28N4O6/c1-2-11-25-16-6-5-14(21(30)26-12-3-4-17(26)22(31)32)13-15(16)24-18(25)9-10-23-19(27)7-8-20(28)29/h5-6,13,17H,2-4,7-12H2,1H3,(H,23,27)(H,28,29)(H,31,32). The molecule has 0 bridgehead atoms. The van der Waals surface area contributed by atoms with Gasteiger partial charge in [0.05, 0.1) is 17.5 Å². The first-order chi connectivity index (χ1) is 15.3. The average Bonchev–Trinajstić information content (AvgIpc) is 3.37. The van der Waals surface area contributed by atoms with Crippen molar-refractivity contribution in [2.75, 3.05) is 13.1 Å². The predicted molar refractivity (Wildman–Crippen MR) is 115 cm³/mol. The van der Waals surface area contributed by atoms with Crippen molar-refractivity contribution in [3.05, 3.63) is 29.6 Å². The fraction of sp³-hybridized carbons (Fsp3) is 0.500. The molecule has 172 valence electrons. The number of hydrogen-bond acceptors (Lipinski definition) is 5. The molecule has 32 heavy (non-hydrogen) atoms. The van der Waals surface area contributed by atoms with Crippen molar-refractivity contribution >= 4 is 34.8 Å². The van der Waals surface area contributed by atoms with E-state index in [0.717, 1.165) is 24.3 Å². The maximum Gasteiger partial charge on any atom is 0.326 e. The number of carboxylic acids is 2. The van der Waals surface area contributed by atoms with Gasteiger partial charge in [-0.1, -0.05) is 6.92 Å². The summed E-state index contributed by atoms with van der Waals surface area (Å²) in [6, 6.07) is 4.42. The molecular weight excluding hydrogens is 416 g/mol. The van der Waals surface area contributed by atoms with Crippen LogP contribution in [-0.2, 0) is 27.3 Å². The number of likely N-dealkylation sites (tertiary alicyclic amines) is 1. The summed E-state index contributed by atoms with van der Waals surface area (Å²) in [6.07, 6.45) is 2.17. The molecule has 1 atom stereocenters. The first-order valence-electron chi connectivity index (χ1n) is 10.8. The van der Waals surface area contributed by atoms with Crippen molar-refractivity contribution < 1.29 is 29.4 Å². The van der Waals surface area contributed by atoms with Crippen LogP contribution < -0.4 is 5.32 Å². The monoisotopic (exact) mass is 444 g/mol. The Labute approximate surface area is 185 Å². The van der Waals surface area contributed by atoms with Gasteiger partial charge >= 0.3 is 11.9 Å². The fourth-order valence-electron chi connectivity index (χ4n) is 4.03. The van der Waals surface area contributed by atoms with Crippen molar-refractivity contribution in [1.82, 2.24) is 19.8 Å². The van der Waals surface area contributed by atoms with Crippen LogP contribution in [0.3, 0.4) is 0 Å². The van der Waals surface area contributed by atoms with Gasteiger partial charge < -0.3 is 25.0 Å². The quantitative estimate of drug-likeness (QED) is 0.506. The number of hydrogen-bond donors (Lipinski definition) is 3. The van der Waals surface area contributed by atoms with Crippen LogP contribution in [0.5, 0.6) is 0 Å². The summed E-state index contributed by atoms with van der Waals surface area (Å²) in [7, 11) is 0. The summed E-state index contributed by atoms with van der Waals surface area (Å²) in [5.74, 6) is -1.88. The highest BCUT2D eigenvalue weighted by atomic mass is 16.4. The summed E-state index contributed by atoms with van der Waals surface area (Å²) in [5.41, 5.74) is 1.91. The minimum atomic E-state index is -1.01. The highest BCUT2D eigenvalue weighted by Gasteiger charge is 2.34. The smallest absolute Gasteiger partial charge is 0.326 e. The zero-order valence-corrected chi connectivity index (χ0v) is 18.0. The van der Waals surface area contributed by atoms with E-state index in [-0.39, 0.29) is 24.7 Å². The Morgan fingerprint density at radius 1 is 1.19 bits per heavy atom. The molecule has 1 fully saturated rings. The molecule has 0 saturated carbocycles. The lowest BCUT2D eigenvalue weighted by Crippen LogP contribution is -2.40. The molecule has 0 radical (unpaired) electrons. The van der Waals surface area contributed by atoms with Gasteiger partial charge in [-0.3, -0.25) is 14.4 Å². The molecular formula is C22H28N4O6. The van der Waals surface area contributed by atoms with Crippen LogP contribution in [0.4, 0.5) is 0 Å². The van der Waals surface area contributed by atoms with Crippen LogP contribution in [0.2, 0.25) is 0 Å². The van der Waals surface area contributed by atoms with Crippen molar-refractivity contribution in [1.29, 1.82) is 0 Å². The SMILES string of the molecule is CCCn1c(CCNC(=O)CCC(=O)O)nc2cc(C(=O)N3CCCC3C(=O)O)ccc21. The van der Waals surface area contributed by atoms with E-state index in [9.17, 15) is 24.3 Å². The van der Waals surface area contributed by atoms with Gasteiger partial charge in [0, 0.05) is 38.0 Å². The lowest BCUT2D eigenvalue weighted by Gasteiger charge is -2.21. The van der Waals surface area contributed by atoms with Crippen LogP contribution in [0.25, 0.3) is 11.0 Å². The van der Waals surface area contributed by atoms with Crippen LogP contribution in [0.15, 0.2) is 18.2 Å². The first kappa shape index (κ1) is 23.2. The molecule has 1 unspecified atom stereocenters. The maximum absolute atomic E-state index is 12.9. The van der Waals surface area contributed by atoms with Crippen molar-refractivity contribution in [3.63, 3.8) is 0 Å². The average molecular weight is 444 g/mol. The first-order valence-corrected chi connectivity index (χ1v) is 10.8. The molecule has 1 saturated heterocycles. The topological polar surface area (TPSA) is 142 Å². The zero-order valence-electron chi connectivity index (χ0n) is 18.0. The lowest BCUT2D eigenvalue weighted by molar-refractivity contribution is -0.141. The summed E-state index contributed by atoms with van der Waals surface area (Å²) in [6.45, 7) is 3.51. The van der Waals surface area contributed by atoms with Gasteiger partial charge in [0.15, 0.2) is 0 Å². The number of amides is 2. The summed E-state index contributed by atoms with van der Waals surface area (Å²) in [5, 5.41) is 20.7. The van der Waals surface area contributed by atoms with E-state index >= 15 is 0 Å². The number of aryl methyl sites for hydroxylation is 1. The summed E-state index contributed by atoms with van der Waals surface area (Å²) < 4.78 is 2.04. The fourth-order valence-corrected chi connectivity index (χ4v) is 4.03. The molecule has 2 heterocycles. The van der Waals surface area contributed by atoms with E-state index in [1.165, 1.54) is 4.90 Å². The number of aromatic nitrogens is 2. The molecule has 10 heteroatoms. The number of carbonyl (C=O) groups excluding carboxylic acids is 2. The number of fused-ring (bicyclic) bond motifs is 1. The summed E-state index contributed by atoms with van der Waals surface area (Å²) in [4.78, 5) is 52.7. The van der Waals surface area contributed by atoms with Gasteiger partial charge in [0.25, 0.3) is 5.91 Å². The third-order valence-electron chi connectivity index (χ3n) is 5.56. The van der Waals surface area contributed by atoms with Gasteiger partial charge in [-0.2, -0.15) is 0 Å². The highest BCUT2D eigenvalue weighted by molar-refractivity contribution is 5.99. The second kappa shape index (κ2) is 10.3. The zero-order chi connectivity index (χ0) is 23.3. The molecule has 1 aromatic carbocycles. The van der Waals surface area contributed by atoms with Crippen LogP contribution >= 0.6 is 0 Å². The van der Waals surface area contributed by atoms with Gasteiger partial charge in [-0.15, -0.1) is 0 Å². The number of rotatable bonds is 10. The van der Waals surface area contributed by atoms with Gasteiger partial charge in [0.1, 0.15) is 11.9 Å². The van der Waals surface area contributed by atoms with Crippen LogP contribution in [-0.4, -0.2) is 67.5 Å². The Balaban J connectivity index is 1.76. The van der Waals surface area contributed by atoms with E-state index in [1.807, 2.05) is 17.6 Å². The van der Waals surface area contributed by atoms with Crippen LogP contribution in [0.1, 0.15) is 55.2 Å². The minimum Gasteiger partial charge on any atom is -0.481 e. The Morgan fingerprint density at radius 2 is 1.97 bits per heavy atom. The molecule has 3 N–H and O–H groups in total. The molecule has 1 aromatic heterocycles. The van der Waals surface area contributed by atoms with Crippen LogP contribution in [0, 0.1) is 0 Å². The van der Waals surface area contributed by atoms with Crippen molar-refractivity contribution in [3.8, 4) is 0 Å². The van der Waals surface area contributed by atoms with Gasteiger partial charge in [-0.25, -0.2) is 9.78 Å². The second-order valence-electron chi connectivity index (χ2n) is 7.87. The maximum atomic E-state index is 12.9. The molecule has 2 amide bonds. The Bertz CT molecular complexity index is 1030. The van der Waals surface area contributed by atoms with Crippen molar-refractivity contribution in [2.45, 2.75) is 58.0 Å². The molecule has 1 aliphatic heterocycles. The van der Waals surface area contributed by atoms with Gasteiger partial charge in [0.2, 0.25) is 5.91 Å². The number of aliphatic carboxylic acids is 2. The van der Waals surface area contributed by atoms with Crippen molar-refractivity contribution in [2.24, 2.45) is 0 Å². The number of nitrogens with zero attached hydrogens (tertiary/aromatic N) is 3.